The van der Waals surface area contributed by atoms with E-state index in [1.807, 2.05) is 19.9 Å². The first-order chi connectivity index (χ1) is 9.04. The molecule has 19 heavy (non-hydrogen) atoms. The Kier molecular flexibility index (Phi) is 2.12. The highest BCUT2D eigenvalue weighted by atomic mass is 16.3. The molecule has 0 radical (unpaired) electrons. The minimum Gasteiger partial charge on any atom is -0.386 e. The van der Waals surface area contributed by atoms with Gasteiger partial charge >= 0.3 is 0 Å². The van der Waals surface area contributed by atoms with Crippen LogP contribution in [0.1, 0.15) is 43.7 Å². The first-order valence-electron chi connectivity index (χ1n) is 7.17. The number of fused-ring (bicyclic) bond motifs is 3. The summed E-state index contributed by atoms with van der Waals surface area (Å²) in [6, 6.07) is 6.32. The molecule has 0 aliphatic carbocycles. The van der Waals surface area contributed by atoms with Crippen molar-refractivity contribution in [1.82, 2.24) is 4.98 Å². The number of hydrogen-bond donors (Lipinski definition) is 2. The fourth-order valence-corrected chi connectivity index (χ4v) is 3.63. The van der Waals surface area contributed by atoms with Gasteiger partial charge in [0.1, 0.15) is 5.82 Å². The molecule has 2 bridgehead atoms. The van der Waals surface area contributed by atoms with Crippen molar-refractivity contribution in [1.29, 1.82) is 0 Å². The Morgan fingerprint density at radius 1 is 1.26 bits per heavy atom. The highest BCUT2D eigenvalue weighted by Gasteiger charge is 2.34. The van der Waals surface area contributed by atoms with Crippen LogP contribution in [0, 0.1) is 0 Å². The maximum Gasteiger partial charge on any atom is 0.110 e. The molecular weight excluding hydrogens is 236 g/mol. The monoisotopic (exact) mass is 256 g/mol. The molecule has 0 saturated carbocycles. The van der Waals surface area contributed by atoms with Crippen molar-refractivity contribution >= 4 is 16.7 Å². The molecule has 3 aliphatic heterocycles. The smallest absolute Gasteiger partial charge is 0.110 e. The van der Waals surface area contributed by atoms with Gasteiger partial charge in [0, 0.05) is 29.6 Å². The van der Waals surface area contributed by atoms with Gasteiger partial charge in [-0.15, -0.1) is 0 Å². The van der Waals surface area contributed by atoms with Crippen LogP contribution in [-0.4, -0.2) is 23.2 Å². The van der Waals surface area contributed by atoms with Crippen molar-refractivity contribution in [2.45, 2.75) is 38.2 Å². The average molecular weight is 256 g/mol. The van der Waals surface area contributed by atoms with Gasteiger partial charge in [-0.2, -0.15) is 0 Å². The van der Waals surface area contributed by atoms with E-state index in [0.29, 0.717) is 5.92 Å². The standard InChI is InChI=1S/C16H20N2O/c1-16(2,19)11-3-4-13-12(9-11)14-10-5-7-18(8-6-10)15(14)17-13/h3-4,9-10,17,19H,5-8H2,1-2H3. The minimum absolute atomic E-state index is 0.700. The number of hydrogen-bond acceptors (Lipinski definition) is 2. The van der Waals surface area contributed by atoms with E-state index in [-0.39, 0.29) is 0 Å². The van der Waals surface area contributed by atoms with Gasteiger partial charge in [-0.05, 0) is 50.3 Å². The van der Waals surface area contributed by atoms with Crippen molar-refractivity contribution in [2.24, 2.45) is 0 Å². The lowest BCUT2D eigenvalue weighted by Crippen LogP contribution is -2.38. The van der Waals surface area contributed by atoms with Crippen molar-refractivity contribution in [2.75, 3.05) is 18.0 Å². The fraction of sp³-hybridized carbons (Fsp3) is 0.500. The largest absolute Gasteiger partial charge is 0.386 e. The Morgan fingerprint density at radius 3 is 2.68 bits per heavy atom. The van der Waals surface area contributed by atoms with E-state index in [0.717, 1.165) is 5.56 Å². The molecule has 1 aromatic carbocycles. The number of rotatable bonds is 1. The van der Waals surface area contributed by atoms with Crippen LogP contribution in [0.3, 0.4) is 0 Å². The molecule has 0 spiro atoms. The molecule has 3 heteroatoms. The van der Waals surface area contributed by atoms with E-state index in [4.69, 9.17) is 0 Å². The lowest BCUT2D eigenvalue weighted by Gasteiger charge is -2.40. The van der Waals surface area contributed by atoms with Crippen LogP contribution in [-0.2, 0) is 5.60 Å². The van der Waals surface area contributed by atoms with Crippen LogP contribution in [0.15, 0.2) is 18.2 Å². The molecule has 1 aromatic heterocycles. The molecule has 100 valence electrons. The third kappa shape index (κ3) is 1.54. The average Bonchev–Trinajstić information content (AvgIpc) is 2.79. The summed E-state index contributed by atoms with van der Waals surface area (Å²) in [5.74, 6) is 2.02. The lowest BCUT2D eigenvalue weighted by atomic mass is 9.83. The molecule has 2 N–H and O–H groups in total. The van der Waals surface area contributed by atoms with Crippen LogP contribution < -0.4 is 4.90 Å². The summed E-state index contributed by atoms with van der Waals surface area (Å²) in [5.41, 5.74) is 2.92. The first kappa shape index (κ1) is 11.4. The van der Waals surface area contributed by atoms with Gasteiger partial charge in [-0.3, -0.25) is 0 Å². The second kappa shape index (κ2) is 3.54. The Bertz CT molecular complexity index is 643. The molecular formula is C16H20N2O. The summed E-state index contributed by atoms with van der Waals surface area (Å²) in [5, 5.41) is 11.5. The van der Waals surface area contributed by atoms with Crippen molar-refractivity contribution in [3.63, 3.8) is 0 Å². The number of piperidine rings is 1. The van der Waals surface area contributed by atoms with Crippen LogP contribution in [0.4, 0.5) is 5.82 Å². The summed E-state index contributed by atoms with van der Waals surface area (Å²) in [4.78, 5) is 6.04. The van der Waals surface area contributed by atoms with E-state index >= 15 is 0 Å². The van der Waals surface area contributed by atoms with E-state index < -0.39 is 5.60 Å². The number of anilines is 1. The van der Waals surface area contributed by atoms with Gasteiger partial charge in [-0.25, -0.2) is 0 Å². The highest BCUT2D eigenvalue weighted by Crippen LogP contribution is 2.46. The summed E-state index contributed by atoms with van der Waals surface area (Å²) < 4.78 is 0. The van der Waals surface area contributed by atoms with E-state index in [1.165, 1.54) is 48.2 Å². The summed E-state index contributed by atoms with van der Waals surface area (Å²) in [6.45, 7) is 6.07. The molecule has 5 rings (SSSR count). The minimum atomic E-state index is -0.772. The molecule has 0 unspecified atom stereocenters. The number of nitrogens with one attached hydrogen (secondary N) is 1. The number of nitrogens with zero attached hydrogens (tertiary/aromatic N) is 1. The van der Waals surface area contributed by atoms with E-state index in [2.05, 4.69) is 22.0 Å². The van der Waals surface area contributed by atoms with Crippen molar-refractivity contribution in [3.8, 4) is 0 Å². The Labute approximate surface area is 113 Å². The second-order valence-electron chi connectivity index (χ2n) is 6.47. The Hall–Kier alpha value is -1.48. The fourth-order valence-electron chi connectivity index (χ4n) is 3.63. The first-order valence-corrected chi connectivity index (χ1v) is 7.17. The lowest BCUT2D eigenvalue weighted by molar-refractivity contribution is 0.0787. The quantitative estimate of drug-likeness (QED) is 0.823. The zero-order valence-corrected chi connectivity index (χ0v) is 11.5. The molecule has 3 aliphatic rings. The van der Waals surface area contributed by atoms with Crippen LogP contribution >= 0.6 is 0 Å². The van der Waals surface area contributed by atoms with E-state index in [1.54, 1.807) is 0 Å². The topological polar surface area (TPSA) is 39.3 Å². The predicted octanol–water partition coefficient (Wildman–Crippen LogP) is 3.09. The highest BCUT2D eigenvalue weighted by molar-refractivity contribution is 5.91. The van der Waals surface area contributed by atoms with Crippen molar-refractivity contribution in [3.05, 3.63) is 29.3 Å². The third-order valence-electron chi connectivity index (χ3n) is 4.74. The molecule has 0 amide bonds. The normalized spacial score (nSPS) is 19.2. The maximum absolute atomic E-state index is 10.2. The number of aromatic amines is 1. The molecule has 1 fully saturated rings. The van der Waals surface area contributed by atoms with Gasteiger partial charge in [0.15, 0.2) is 0 Å². The summed E-state index contributed by atoms with van der Waals surface area (Å²) in [7, 11) is 0. The molecule has 0 atom stereocenters. The SMILES string of the molecule is CC(C)(O)c1ccc2[nH]c3c(c2c1)C1CCN3CC1. The number of aliphatic hydroxyl groups is 1. The molecule has 2 aromatic rings. The Morgan fingerprint density at radius 2 is 2.00 bits per heavy atom. The molecule has 1 saturated heterocycles. The predicted molar refractivity (Wildman–Crippen MR) is 77.7 cm³/mol. The van der Waals surface area contributed by atoms with Crippen LogP contribution in [0.25, 0.3) is 10.9 Å². The van der Waals surface area contributed by atoms with Gasteiger partial charge in [0.2, 0.25) is 0 Å². The maximum atomic E-state index is 10.2. The van der Waals surface area contributed by atoms with Crippen LogP contribution in [0.2, 0.25) is 0 Å². The van der Waals surface area contributed by atoms with Gasteiger partial charge in [0.25, 0.3) is 0 Å². The number of benzene rings is 1. The zero-order valence-electron chi connectivity index (χ0n) is 11.5. The number of aromatic nitrogens is 1. The zero-order chi connectivity index (χ0) is 13.2. The van der Waals surface area contributed by atoms with Crippen LogP contribution in [0.5, 0.6) is 0 Å². The second-order valence-corrected chi connectivity index (χ2v) is 6.47. The molecule has 3 nitrogen and oxygen atoms in total. The van der Waals surface area contributed by atoms with Gasteiger partial charge < -0.3 is 15.0 Å². The van der Waals surface area contributed by atoms with E-state index in [9.17, 15) is 5.11 Å². The summed E-state index contributed by atoms with van der Waals surface area (Å²) >= 11 is 0. The molecule has 4 heterocycles. The van der Waals surface area contributed by atoms with Gasteiger partial charge in [-0.1, -0.05) is 6.07 Å². The Balaban J connectivity index is 1.97. The summed E-state index contributed by atoms with van der Waals surface area (Å²) in [6.07, 6.45) is 2.54. The van der Waals surface area contributed by atoms with Crippen molar-refractivity contribution < 1.29 is 5.11 Å². The number of H-pyrrole nitrogens is 1. The van der Waals surface area contributed by atoms with Gasteiger partial charge in [0.05, 0.1) is 5.60 Å². The third-order valence-corrected chi connectivity index (χ3v) is 4.74.